The number of hydrogen-bond acceptors (Lipinski definition) is 3. The molecule has 1 aliphatic heterocycles. The third kappa shape index (κ3) is 3.65. The van der Waals surface area contributed by atoms with Crippen molar-refractivity contribution in [2.75, 3.05) is 32.9 Å². The second kappa shape index (κ2) is 7.28. The highest BCUT2D eigenvalue weighted by atomic mass is 32.1. The molecule has 1 heterocycles. The molecule has 23 heavy (non-hydrogen) atoms. The number of hydrogen-bond donors (Lipinski definition) is 0. The van der Waals surface area contributed by atoms with Gasteiger partial charge in [0.1, 0.15) is 10.7 Å². The van der Waals surface area contributed by atoms with Crippen molar-refractivity contribution in [3.05, 3.63) is 42.0 Å². The molecule has 0 atom stereocenters. The average molecular weight is 329 g/mol. The fraction of sp³-hybridized carbons (Fsp3) is 0.421. The van der Waals surface area contributed by atoms with Gasteiger partial charge in [0.05, 0.1) is 19.8 Å². The van der Waals surface area contributed by atoms with E-state index in [-0.39, 0.29) is 0 Å². The standard InChI is InChI=1S/C19H23NO2S/c1-14(2)13-22-18-8-7-17(15-5-3-4-6-16(15)18)19(23)20-9-11-21-12-10-20/h3-8,14H,9-13H2,1-2H3. The highest BCUT2D eigenvalue weighted by Gasteiger charge is 2.18. The van der Waals surface area contributed by atoms with E-state index in [2.05, 4.69) is 43.0 Å². The molecule has 2 aromatic carbocycles. The van der Waals surface area contributed by atoms with Crippen molar-refractivity contribution in [1.29, 1.82) is 0 Å². The van der Waals surface area contributed by atoms with Gasteiger partial charge < -0.3 is 14.4 Å². The number of rotatable bonds is 4. The van der Waals surface area contributed by atoms with Crippen molar-refractivity contribution in [2.45, 2.75) is 13.8 Å². The fourth-order valence-electron chi connectivity index (χ4n) is 2.78. The van der Waals surface area contributed by atoms with E-state index >= 15 is 0 Å². The Kier molecular flexibility index (Phi) is 5.13. The third-order valence-electron chi connectivity index (χ3n) is 3.98. The van der Waals surface area contributed by atoms with E-state index in [1.807, 2.05) is 12.1 Å². The number of ether oxygens (including phenoxy) is 2. The zero-order chi connectivity index (χ0) is 16.2. The first-order valence-electron chi connectivity index (χ1n) is 8.18. The molecule has 0 unspecified atom stereocenters. The van der Waals surface area contributed by atoms with E-state index in [4.69, 9.17) is 21.7 Å². The lowest BCUT2D eigenvalue weighted by molar-refractivity contribution is 0.0693. The highest BCUT2D eigenvalue weighted by Crippen LogP contribution is 2.30. The Labute approximate surface area is 143 Å². The van der Waals surface area contributed by atoms with Crippen LogP contribution in [0.2, 0.25) is 0 Å². The van der Waals surface area contributed by atoms with Crippen LogP contribution >= 0.6 is 12.2 Å². The predicted octanol–water partition coefficient (Wildman–Crippen LogP) is 3.88. The molecule has 3 rings (SSSR count). The van der Waals surface area contributed by atoms with Crippen LogP contribution in [0.25, 0.3) is 10.8 Å². The van der Waals surface area contributed by atoms with Gasteiger partial charge in [-0.15, -0.1) is 0 Å². The monoisotopic (exact) mass is 329 g/mol. The highest BCUT2D eigenvalue weighted by molar-refractivity contribution is 7.80. The number of fused-ring (bicyclic) bond motifs is 1. The summed E-state index contributed by atoms with van der Waals surface area (Å²) in [6.45, 7) is 8.24. The number of benzene rings is 2. The minimum Gasteiger partial charge on any atom is -0.493 e. The van der Waals surface area contributed by atoms with Gasteiger partial charge in [0.2, 0.25) is 0 Å². The van der Waals surface area contributed by atoms with E-state index in [0.29, 0.717) is 5.92 Å². The molecule has 122 valence electrons. The molecular weight excluding hydrogens is 306 g/mol. The van der Waals surface area contributed by atoms with Crippen LogP contribution in [0.4, 0.5) is 0 Å². The second-order valence-corrected chi connectivity index (χ2v) is 6.65. The van der Waals surface area contributed by atoms with Crippen molar-refractivity contribution in [3.8, 4) is 5.75 Å². The van der Waals surface area contributed by atoms with Crippen molar-refractivity contribution in [3.63, 3.8) is 0 Å². The second-order valence-electron chi connectivity index (χ2n) is 6.27. The molecule has 0 bridgehead atoms. The van der Waals surface area contributed by atoms with Gasteiger partial charge in [0.15, 0.2) is 0 Å². The molecular formula is C19H23NO2S. The third-order valence-corrected chi connectivity index (χ3v) is 4.46. The fourth-order valence-corrected chi connectivity index (χ4v) is 3.14. The van der Waals surface area contributed by atoms with E-state index < -0.39 is 0 Å². The Morgan fingerprint density at radius 1 is 1.13 bits per heavy atom. The molecule has 0 aliphatic carbocycles. The molecule has 2 aromatic rings. The zero-order valence-electron chi connectivity index (χ0n) is 13.7. The van der Waals surface area contributed by atoms with Gasteiger partial charge in [-0.3, -0.25) is 0 Å². The van der Waals surface area contributed by atoms with Crippen LogP contribution in [0.15, 0.2) is 36.4 Å². The maximum absolute atomic E-state index is 5.98. The summed E-state index contributed by atoms with van der Waals surface area (Å²) >= 11 is 5.75. The summed E-state index contributed by atoms with van der Waals surface area (Å²) in [6.07, 6.45) is 0. The zero-order valence-corrected chi connectivity index (χ0v) is 14.6. The van der Waals surface area contributed by atoms with Gasteiger partial charge in [0.25, 0.3) is 0 Å². The lowest BCUT2D eigenvalue weighted by Crippen LogP contribution is -2.40. The van der Waals surface area contributed by atoms with Crippen LogP contribution in [0.3, 0.4) is 0 Å². The normalized spacial score (nSPS) is 15.2. The Morgan fingerprint density at radius 3 is 2.52 bits per heavy atom. The molecule has 1 fully saturated rings. The van der Waals surface area contributed by atoms with Gasteiger partial charge in [0, 0.05) is 24.0 Å². The van der Waals surface area contributed by atoms with E-state index in [9.17, 15) is 0 Å². The van der Waals surface area contributed by atoms with E-state index in [1.54, 1.807) is 0 Å². The van der Waals surface area contributed by atoms with Crippen LogP contribution in [-0.2, 0) is 4.74 Å². The summed E-state index contributed by atoms with van der Waals surface area (Å²) in [5, 5.41) is 2.28. The van der Waals surface area contributed by atoms with Crippen molar-refractivity contribution < 1.29 is 9.47 Å². The van der Waals surface area contributed by atoms with Gasteiger partial charge in [-0.05, 0) is 23.4 Å². The summed E-state index contributed by atoms with van der Waals surface area (Å²) in [7, 11) is 0. The number of thiocarbonyl (C=S) groups is 1. The summed E-state index contributed by atoms with van der Waals surface area (Å²) in [6, 6.07) is 12.5. The van der Waals surface area contributed by atoms with Crippen LogP contribution < -0.4 is 4.74 Å². The predicted molar refractivity (Wildman–Crippen MR) is 98.4 cm³/mol. The van der Waals surface area contributed by atoms with Crippen molar-refractivity contribution >= 4 is 28.0 Å². The first-order valence-corrected chi connectivity index (χ1v) is 8.59. The maximum atomic E-state index is 5.98. The molecule has 0 amide bonds. The molecule has 0 radical (unpaired) electrons. The maximum Gasteiger partial charge on any atom is 0.127 e. The van der Waals surface area contributed by atoms with E-state index in [1.165, 1.54) is 0 Å². The first kappa shape index (κ1) is 16.2. The van der Waals surface area contributed by atoms with Gasteiger partial charge in [-0.2, -0.15) is 0 Å². The summed E-state index contributed by atoms with van der Waals surface area (Å²) in [4.78, 5) is 3.13. The number of nitrogens with zero attached hydrogens (tertiary/aromatic N) is 1. The molecule has 0 spiro atoms. The quantitative estimate of drug-likeness (QED) is 0.794. The minimum atomic E-state index is 0.503. The van der Waals surface area contributed by atoms with Gasteiger partial charge >= 0.3 is 0 Å². The molecule has 1 aliphatic rings. The lowest BCUT2D eigenvalue weighted by atomic mass is 10.0. The molecule has 0 aromatic heterocycles. The van der Waals surface area contributed by atoms with Crippen molar-refractivity contribution in [2.24, 2.45) is 5.92 Å². The van der Waals surface area contributed by atoms with Gasteiger partial charge in [-0.25, -0.2) is 0 Å². The topological polar surface area (TPSA) is 21.7 Å². The summed E-state index contributed by atoms with van der Waals surface area (Å²) in [5.74, 6) is 1.44. The van der Waals surface area contributed by atoms with Crippen molar-refractivity contribution in [1.82, 2.24) is 4.90 Å². The van der Waals surface area contributed by atoms with Crippen LogP contribution in [-0.4, -0.2) is 42.8 Å². The number of morpholine rings is 1. The van der Waals surface area contributed by atoms with E-state index in [0.717, 1.165) is 60.0 Å². The molecule has 0 N–H and O–H groups in total. The SMILES string of the molecule is CC(C)COc1ccc(C(=S)N2CCOCC2)c2ccccc12. The average Bonchev–Trinajstić information content (AvgIpc) is 2.59. The Hall–Kier alpha value is -1.65. The molecule has 4 heteroatoms. The van der Waals surface area contributed by atoms with Crippen LogP contribution in [0.1, 0.15) is 19.4 Å². The van der Waals surface area contributed by atoms with Gasteiger partial charge in [-0.1, -0.05) is 50.3 Å². The molecule has 1 saturated heterocycles. The molecule has 3 nitrogen and oxygen atoms in total. The lowest BCUT2D eigenvalue weighted by Gasteiger charge is -2.29. The Morgan fingerprint density at radius 2 is 1.83 bits per heavy atom. The summed E-state index contributed by atoms with van der Waals surface area (Å²) < 4.78 is 11.4. The Bertz CT molecular complexity index is 693. The summed E-state index contributed by atoms with van der Waals surface area (Å²) in [5.41, 5.74) is 1.11. The van der Waals surface area contributed by atoms with Crippen LogP contribution in [0, 0.1) is 5.92 Å². The largest absolute Gasteiger partial charge is 0.493 e. The first-order chi connectivity index (χ1) is 11.2. The molecule has 0 saturated carbocycles. The Balaban J connectivity index is 1.95. The smallest absolute Gasteiger partial charge is 0.127 e. The van der Waals surface area contributed by atoms with Crippen LogP contribution in [0.5, 0.6) is 5.75 Å². The minimum absolute atomic E-state index is 0.503.